The quantitative estimate of drug-likeness (QED) is 0.402. The van der Waals surface area contributed by atoms with Crippen LogP contribution in [-0.4, -0.2) is 49.8 Å². The van der Waals surface area contributed by atoms with Crippen molar-refractivity contribution in [3.05, 3.63) is 59.7 Å². The SMILES string of the molecule is O=C(O)Nc1ccc(C(F)(F)F)cc1C(=O)NCC(=O)NC1CCCCC1CS(=O)(=O)c1ccccc1. The van der Waals surface area contributed by atoms with E-state index in [0.29, 0.717) is 25.0 Å². The van der Waals surface area contributed by atoms with Gasteiger partial charge in [-0.15, -0.1) is 0 Å². The lowest BCUT2D eigenvalue weighted by Crippen LogP contribution is -2.47. The largest absolute Gasteiger partial charge is 0.465 e. The third-order valence-electron chi connectivity index (χ3n) is 6.03. The minimum atomic E-state index is -4.77. The molecule has 0 aromatic heterocycles. The Morgan fingerprint density at radius 3 is 2.32 bits per heavy atom. The molecule has 0 spiro atoms. The number of carboxylic acid groups (broad SMARTS) is 1. The number of anilines is 1. The van der Waals surface area contributed by atoms with Crippen molar-refractivity contribution in [2.75, 3.05) is 17.6 Å². The van der Waals surface area contributed by atoms with Gasteiger partial charge in [0.1, 0.15) is 0 Å². The van der Waals surface area contributed by atoms with Crippen molar-refractivity contribution in [1.29, 1.82) is 0 Å². The number of sulfone groups is 1. The number of hydrogen-bond acceptors (Lipinski definition) is 5. The van der Waals surface area contributed by atoms with Crippen LogP contribution in [0.5, 0.6) is 0 Å². The zero-order valence-corrected chi connectivity index (χ0v) is 20.4. The van der Waals surface area contributed by atoms with Crippen LogP contribution in [0.15, 0.2) is 53.4 Å². The highest BCUT2D eigenvalue weighted by molar-refractivity contribution is 7.91. The molecule has 3 rings (SSSR count). The molecular formula is C24H26F3N3O6S. The standard InChI is InChI=1S/C24H26F3N3O6S/c25-24(26,27)16-10-11-20(30-23(33)34)18(12-16)22(32)28-13-21(31)29-19-9-5-4-6-15(19)14-37(35,36)17-7-2-1-3-8-17/h1-3,7-8,10-12,15,19,30H,4-6,9,13-14H2,(H,28,32)(H,29,31)(H,33,34). The van der Waals surface area contributed by atoms with E-state index in [4.69, 9.17) is 5.11 Å². The first-order valence-electron chi connectivity index (χ1n) is 11.4. The fourth-order valence-corrected chi connectivity index (χ4v) is 5.98. The number of carbonyl (C=O) groups is 3. The highest BCUT2D eigenvalue weighted by atomic mass is 32.2. The van der Waals surface area contributed by atoms with Gasteiger partial charge in [-0.05, 0) is 49.1 Å². The number of benzene rings is 2. The molecule has 0 heterocycles. The van der Waals surface area contributed by atoms with Gasteiger partial charge in [-0.1, -0.05) is 31.0 Å². The zero-order valence-electron chi connectivity index (χ0n) is 19.5. The molecule has 1 aliphatic rings. The Kier molecular flexibility index (Phi) is 8.79. The molecule has 9 nitrogen and oxygen atoms in total. The molecule has 0 saturated heterocycles. The summed E-state index contributed by atoms with van der Waals surface area (Å²) in [6.45, 7) is -0.601. The number of rotatable bonds is 8. The molecule has 4 N–H and O–H groups in total. The molecule has 1 fully saturated rings. The first-order chi connectivity index (χ1) is 17.4. The van der Waals surface area contributed by atoms with E-state index in [-0.39, 0.29) is 22.3 Å². The van der Waals surface area contributed by atoms with Crippen LogP contribution in [0.3, 0.4) is 0 Å². The summed E-state index contributed by atoms with van der Waals surface area (Å²) in [5.74, 6) is -2.25. The van der Waals surface area contributed by atoms with Crippen molar-refractivity contribution in [2.45, 2.75) is 42.8 Å². The summed E-state index contributed by atoms with van der Waals surface area (Å²) in [7, 11) is -3.59. The Morgan fingerprint density at radius 1 is 1.00 bits per heavy atom. The minimum absolute atomic E-state index is 0.164. The molecular weight excluding hydrogens is 515 g/mol. The van der Waals surface area contributed by atoms with Crippen LogP contribution in [0.2, 0.25) is 0 Å². The molecule has 37 heavy (non-hydrogen) atoms. The lowest BCUT2D eigenvalue weighted by Gasteiger charge is -2.32. The van der Waals surface area contributed by atoms with Crippen LogP contribution in [0.25, 0.3) is 0 Å². The number of amides is 3. The lowest BCUT2D eigenvalue weighted by atomic mass is 9.86. The second kappa shape index (κ2) is 11.6. The fraction of sp³-hybridized carbons (Fsp3) is 0.375. The van der Waals surface area contributed by atoms with Crippen molar-refractivity contribution >= 4 is 33.4 Å². The van der Waals surface area contributed by atoms with Crippen molar-refractivity contribution in [1.82, 2.24) is 10.6 Å². The Balaban J connectivity index is 1.66. The normalized spacial score (nSPS) is 18.0. The Hall–Kier alpha value is -3.61. The average Bonchev–Trinajstić information content (AvgIpc) is 2.83. The van der Waals surface area contributed by atoms with Crippen molar-refractivity contribution in [2.24, 2.45) is 5.92 Å². The second-order valence-corrected chi connectivity index (χ2v) is 10.7. The number of alkyl halides is 3. The molecule has 200 valence electrons. The average molecular weight is 542 g/mol. The highest BCUT2D eigenvalue weighted by Crippen LogP contribution is 2.32. The zero-order chi connectivity index (χ0) is 27.2. The number of nitrogens with one attached hydrogen (secondary N) is 3. The van der Waals surface area contributed by atoms with Gasteiger partial charge < -0.3 is 15.7 Å². The molecule has 1 saturated carbocycles. The van der Waals surface area contributed by atoms with Gasteiger partial charge in [-0.25, -0.2) is 13.2 Å². The maximum Gasteiger partial charge on any atom is 0.416 e. The Labute approximate surface area is 211 Å². The van der Waals surface area contributed by atoms with Crippen LogP contribution in [0, 0.1) is 5.92 Å². The van der Waals surface area contributed by atoms with Crippen molar-refractivity contribution in [3.63, 3.8) is 0 Å². The predicted octanol–water partition coefficient (Wildman–Crippen LogP) is 3.67. The van der Waals surface area contributed by atoms with E-state index in [0.717, 1.165) is 18.9 Å². The Bertz CT molecular complexity index is 1250. The summed E-state index contributed by atoms with van der Waals surface area (Å²) in [6, 6.07) is 9.42. The molecule has 2 aromatic carbocycles. The number of halogens is 3. The van der Waals surface area contributed by atoms with E-state index in [1.165, 1.54) is 12.1 Å². The number of hydrogen-bond donors (Lipinski definition) is 4. The molecule has 3 amide bonds. The van der Waals surface area contributed by atoms with Crippen LogP contribution in [-0.2, 0) is 20.8 Å². The predicted molar refractivity (Wildman–Crippen MR) is 128 cm³/mol. The van der Waals surface area contributed by atoms with E-state index in [1.54, 1.807) is 18.2 Å². The molecule has 13 heteroatoms. The van der Waals surface area contributed by atoms with Crippen molar-refractivity contribution < 1.29 is 41.1 Å². The van der Waals surface area contributed by atoms with Gasteiger partial charge in [-0.2, -0.15) is 13.2 Å². The summed E-state index contributed by atoms with van der Waals surface area (Å²) in [6.07, 6.45) is -3.67. The van der Waals surface area contributed by atoms with Gasteiger partial charge in [0.25, 0.3) is 5.91 Å². The van der Waals surface area contributed by atoms with Gasteiger partial charge in [-0.3, -0.25) is 14.9 Å². The number of carbonyl (C=O) groups excluding carboxylic acids is 2. The van der Waals surface area contributed by atoms with Crippen LogP contribution in [0.1, 0.15) is 41.6 Å². The van der Waals surface area contributed by atoms with Crippen LogP contribution < -0.4 is 16.0 Å². The van der Waals surface area contributed by atoms with E-state index < -0.39 is 57.6 Å². The van der Waals surface area contributed by atoms with E-state index in [2.05, 4.69) is 10.6 Å². The first kappa shape index (κ1) is 28.0. The highest BCUT2D eigenvalue weighted by Gasteiger charge is 2.33. The molecule has 0 bridgehead atoms. The summed E-state index contributed by atoms with van der Waals surface area (Å²) in [5.41, 5.74) is -2.14. The molecule has 0 aliphatic heterocycles. The van der Waals surface area contributed by atoms with Gasteiger partial charge in [0.15, 0.2) is 9.84 Å². The van der Waals surface area contributed by atoms with Crippen LogP contribution >= 0.6 is 0 Å². The summed E-state index contributed by atoms with van der Waals surface area (Å²) in [4.78, 5) is 36.3. The molecule has 2 aromatic rings. The van der Waals surface area contributed by atoms with Gasteiger partial charge >= 0.3 is 12.3 Å². The smallest absolute Gasteiger partial charge is 0.416 e. The van der Waals surface area contributed by atoms with Crippen molar-refractivity contribution in [3.8, 4) is 0 Å². The van der Waals surface area contributed by atoms with Crippen LogP contribution in [0.4, 0.5) is 23.7 Å². The third-order valence-corrected chi connectivity index (χ3v) is 7.89. The van der Waals surface area contributed by atoms with Gasteiger partial charge in [0.2, 0.25) is 5.91 Å². The Morgan fingerprint density at radius 2 is 1.68 bits per heavy atom. The van der Waals surface area contributed by atoms with E-state index in [1.807, 2.05) is 5.32 Å². The first-order valence-corrected chi connectivity index (χ1v) is 13.1. The molecule has 2 atom stereocenters. The second-order valence-electron chi connectivity index (χ2n) is 8.68. The molecule has 2 unspecified atom stereocenters. The monoisotopic (exact) mass is 541 g/mol. The molecule has 0 radical (unpaired) electrons. The fourth-order valence-electron chi connectivity index (χ4n) is 4.25. The minimum Gasteiger partial charge on any atom is -0.465 e. The summed E-state index contributed by atoms with van der Waals surface area (Å²) >= 11 is 0. The third kappa shape index (κ3) is 7.68. The lowest BCUT2D eigenvalue weighted by molar-refractivity contribution is -0.137. The maximum atomic E-state index is 13.1. The van der Waals surface area contributed by atoms with E-state index >= 15 is 0 Å². The molecule has 1 aliphatic carbocycles. The summed E-state index contributed by atoms with van der Waals surface area (Å²) in [5, 5.41) is 15.7. The van der Waals surface area contributed by atoms with E-state index in [9.17, 15) is 36.0 Å². The summed E-state index contributed by atoms with van der Waals surface area (Å²) < 4.78 is 64.9. The topological polar surface area (TPSA) is 142 Å². The van der Waals surface area contributed by atoms with Gasteiger partial charge in [0, 0.05) is 6.04 Å². The van der Waals surface area contributed by atoms with Gasteiger partial charge in [0.05, 0.1) is 34.0 Å². The maximum absolute atomic E-state index is 13.1.